The molecule has 0 radical (unpaired) electrons. The van der Waals surface area contributed by atoms with Gasteiger partial charge in [-0.25, -0.2) is 4.39 Å². The lowest BCUT2D eigenvalue weighted by molar-refractivity contribution is 0.178. The molecule has 2 aromatic rings. The zero-order chi connectivity index (χ0) is 12.3. The van der Waals surface area contributed by atoms with E-state index in [1.807, 2.05) is 0 Å². The third kappa shape index (κ3) is 3.04. The Morgan fingerprint density at radius 3 is 2.59 bits per heavy atom. The molecule has 0 aliphatic rings. The Balaban J connectivity index is 2.14. The highest BCUT2D eigenvalue weighted by atomic mass is 19.1. The molecule has 0 heterocycles. The number of nitrogens with two attached hydrogens (primary N) is 1. The first-order valence-electron chi connectivity index (χ1n) is 5.43. The van der Waals surface area contributed by atoms with Gasteiger partial charge in [-0.1, -0.05) is 24.3 Å². The first-order valence-corrected chi connectivity index (χ1v) is 5.43. The third-order valence-corrected chi connectivity index (χ3v) is 2.61. The molecule has 3 N–H and O–H groups in total. The molecule has 17 heavy (non-hydrogen) atoms. The van der Waals surface area contributed by atoms with Crippen LogP contribution >= 0.6 is 0 Å². The Morgan fingerprint density at radius 1 is 1.12 bits per heavy atom. The van der Waals surface area contributed by atoms with E-state index in [1.54, 1.807) is 36.4 Å². The first kappa shape index (κ1) is 11.6. The van der Waals surface area contributed by atoms with Crippen LogP contribution in [0.1, 0.15) is 17.2 Å². The number of halogens is 1. The quantitative estimate of drug-likeness (QED) is 0.798. The lowest BCUT2D eigenvalue weighted by atomic mass is 10.0. The fourth-order valence-electron chi connectivity index (χ4n) is 1.77. The van der Waals surface area contributed by atoms with E-state index >= 15 is 0 Å². The highest BCUT2D eigenvalue weighted by Gasteiger charge is 2.09. The maximum Gasteiger partial charge on any atom is 0.123 e. The molecule has 0 spiro atoms. The molecule has 3 heteroatoms. The van der Waals surface area contributed by atoms with Crippen LogP contribution in [0.2, 0.25) is 0 Å². The van der Waals surface area contributed by atoms with Crippen LogP contribution < -0.4 is 5.73 Å². The van der Waals surface area contributed by atoms with E-state index in [1.165, 1.54) is 12.1 Å². The Hall–Kier alpha value is -1.87. The second kappa shape index (κ2) is 4.97. The highest BCUT2D eigenvalue weighted by molar-refractivity contribution is 5.41. The fourth-order valence-corrected chi connectivity index (χ4v) is 1.77. The van der Waals surface area contributed by atoms with Crippen molar-refractivity contribution >= 4 is 5.69 Å². The molecule has 88 valence electrons. The number of hydrogen-bond acceptors (Lipinski definition) is 2. The van der Waals surface area contributed by atoms with Gasteiger partial charge in [0.25, 0.3) is 0 Å². The van der Waals surface area contributed by atoms with Crippen LogP contribution in [0.4, 0.5) is 10.1 Å². The number of aliphatic hydroxyl groups is 1. The number of hydrogen-bond donors (Lipinski definition) is 2. The highest BCUT2D eigenvalue weighted by Crippen LogP contribution is 2.20. The smallest absolute Gasteiger partial charge is 0.123 e. The first-order chi connectivity index (χ1) is 8.15. The molecule has 2 aromatic carbocycles. The normalized spacial score (nSPS) is 12.4. The van der Waals surface area contributed by atoms with Gasteiger partial charge in [-0.3, -0.25) is 0 Å². The number of benzene rings is 2. The Labute approximate surface area is 99.5 Å². The molecular formula is C14H14FNO. The molecule has 2 rings (SSSR count). The Morgan fingerprint density at radius 2 is 1.88 bits per heavy atom. The van der Waals surface area contributed by atoms with Crippen molar-refractivity contribution in [2.75, 3.05) is 5.73 Å². The summed E-state index contributed by atoms with van der Waals surface area (Å²) in [6.45, 7) is 0. The number of nitrogen functional groups attached to an aromatic ring is 1. The van der Waals surface area contributed by atoms with Gasteiger partial charge in [0.1, 0.15) is 5.82 Å². The van der Waals surface area contributed by atoms with E-state index in [2.05, 4.69) is 0 Å². The molecule has 0 aliphatic carbocycles. The van der Waals surface area contributed by atoms with Gasteiger partial charge >= 0.3 is 0 Å². The van der Waals surface area contributed by atoms with Crippen LogP contribution in [-0.2, 0) is 6.42 Å². The summed E-state index contributed by atoms with van der Waals surface area (Å²) in [4.78, 5) is 0. The largest absolute Gasteiger partial charge is 0.399 e. The standard InChI is InChI=1S/C14H14FNO/c15-12-5-1-3-10(7-12)8-14(17)11-4-2-6-13(16)9-11/h1-7,9,14,17H,8,16H2. The lowest BCUT2D eigenvalue weighted by Gasteiger charge is -2.11. The molecule has 1 atom stereocenters. The van der Waals surface area contributed by atoms with Crippen molar-refractivity contribution in [3.63, 3.8) is 0 Å². The van der Waals surface area contributed by atoms with E-state index in [0.29, 0.717) is 12.1 Å². The monoisotopic (exact) mass is 231 g/mol. The minimum atomic E-state index is -0.666. The summed E-state index contributed by atoms with van der Waals surface area (Å²) < 4.78 is 13.0. The van der Waals surface area contributed by atoms with Crippen LogP contribution in [0, 0.1) is 5.82 Å². The third-order valence-electron chi connectivity index (χ3n) is 2.61. The summed E-state index contributed by atoms with van der Waals surface area (Å²) in [5.41, 5.74) is 7.76. The van der Waals surface area contributed by atoms with Crippen LogP contribution in [0.3, 0.4) is 0 Å². The summed E-state index contributed by atoms with van der Waals surface area (Å²) in [5.74, 6) is -0.290. The lowest BCUT2D eigenvalue weighted by Crippen LogP contribution is -2.02. The van der Waals surface area contributed by atoms with Crippen LogP contribution in [0.5, 0.6) is 0 Å². The molecular weight excluding hydrogens is 217 g/mol. The summed E-state index contributed by atoms with van der Waals surface area (Å²) in [6.07, 6.45) is -0.290. The number of aliphatic hydroxyl groups excluding tert-OH is 1. The van der Waals surface area contributed by atoms with Crippen molar-refractivity contribution in [2.45, 2.75) is 12.5 Å². The Kier molecular flexibility index (Phi) is 3.40. The summed E-state index contributed by atoms with van der Waals surface area (Å²) >= 11 is 0. The van der Waals surface area contributed by atoms with Crippen LogP contribution in [0.15, 0.2) is 48.5 Å². The maximum absolute atomic E-state index is 13.0. The molecule has 0 saturated heterocycles. The SMILES string of the molecule is Nc1cccc(C(O)Cc2cccc(F)c2)c1. The topological polar surface area (TPSA) is 46.2 Å². The van der Waals surface area contributed by atoms with Gasteiger partial charge in [0.15, 0.2) is 0 Å². The van der Waals surface area contributed by atoms with Gasteiger partial charge in [-0.2, -0.15) is 0 Å². The Bertz CT molecular complexity index is 513. The minimum absolute atomic E-state index is 0.290. The van der Waals surface area contributed by atoms with E-state index < -0.39 is 6.10 Å². The van der Waals surface area contributed by atoms with Gasteiger partial charge in [-0.05, 0) is 35.4 Å². The van der Waals surface area contributed by atoms with Crippen molar-refractivity contribution in [1.82, 2.24) is 0 Å². The van der Waals surface area contributed by atoms with Crippen LogP contribution in [-0.4, -0.2) is 5.11 Å². The van der Waals surface area contributed by atoms with Gasteiger partial charge < -0.3 is 10.8 Å². The average Bonchev–Trinajstić information content (AvgIpc) is 2.29. The zero-order valence-corrected chi connectivity index (χ0v) is 9.31. The second-order valence-corrected chi connectivity index (χ2v) is 4.02. The van der Waals surface area contributed by atoms with E-state index in [4.69, 9.17) is 5.73 Å². The predicted octanol–water partition coefficient (Wildman–Crippen LogP) is 2.68. The molecule has 0 saturated carbocycles. The van der Waals surface area contributed by atoms with Crippen molar-refractivity contribution in [3.8, 4) is 0 Å². The molecule has 0 amide bonds. The molecule has 2 nitrogen and oxygen atoms in total. The van der Waals surface area contributed by atoms with Gasteiger partial charge in [0, 0.05) is 12.1 Å². The predicted molar refractivity (Wildman–Crippen MR) is 65.9 cm³/mol. The van der Waals surface area contributed by atoms with E-state index in [-0.39, 0.29) is 5.82 Å². The van der Waals surface area contributed by atoms with Gasteiger partial charge in [0.05, 0.1) is 6.10 Å². The number of rotatable bonds is 3. The molecule has 0 bridgehead atoms. The van der Waals surface area contributed by atoms with Crippen LogP contribution in [0.25, 0.3) is 0 Å². The van der Waals surface area contributed by atoms with Gasteiger partial charge in [0.2, 0.25) is 0 Å². The summed E-state index contributed by atoms with van der Waals surface area (Å²) in [5, 5.41) is 10.0. The number of anilines is 1. The average molecular weight is 231 g/mol. The van der Waals surface area contributed by atoms with E-state index in [9.17, 15) is 9.50 Å². The zero-order valence-electron chi connectivity index (χ0n) is 9.31. The molecule has 1 unspecified atom stereocenters. The van der Waals surface area contributed by atoms with Crippen molar-refractivity contribution in [1.29, 1.82) is 0 Å². The molecule has 0 aromatic heterocycles. The van der Waals surface area contributed by atoms with Crippen molar-refractivity contribution in [3.05, 3.63) is 65.5 Å². The fraction of sp³-hybridized carbons (Fsp3) is 0.143. The maximum atomic E-state index is 13.0. The van der Waals surface area contributed by atoms with E-state index in [0.717, 1.165) is 11.1 Å². The van der Waals surface area contributed by atoms with Crippen molar-refractivity contribution < 1.29 is 9.50 Å². The van der Waals surface area contributed by atoms with Gasteiger partial charge in [-0.15, -0.1) is 0 Å². The second-order valence-electron chi connectivity index (χ2n) is 4.02. The minimum Gasteiger partial charge on any atom is -0.399 e. The summed E-state index contributed by atoms with van der Waals surface area (Å²) in [7, 11) is 0. The molecule has 0 fully saturated rings. The molecule has 0 aliphatic heterocycles. The van der Waals surface area contributed by atoms with Crippen molar-refractivity contribution in [2.24, 2.45) is 0 Å². The summed E-state index contributed by atoms with van der Waals surface area (Å²) in [6, 6.07) is 13.3.